The van der Waals surface area contributed by atoms with Crippen LogP contribution >= 0.6 is 0 Å². The number of aromatic carboxylic acids is 1. The first-order valence-corrected chi connectivity index (χ1v) is 6.77. The van der Waals surface area contributed by atoms with Gasteiger partial charge in [0.05, 0.1) is 16.9 Å². The van der Waals surface area contributed by atoms with Crippen LogP contribution in [0.1, 0.15) is 23.2 Å². The summed E-state index contributed by atoms with van der Waals surface area (Å²) < 4.78 is 0. The van der Waals surface area contributed by atoms with Gasteiger partial charge in [-0.1, -0.05) is 0 Å². The SMILES string of the molecule is Nc1cc(C(=O)O)ccc1N1CCN(C2CC2)CC1. The van der Waals surface area contributed by atoms with Crippen molar-refractivity contribution in [1.82, 2.24) is 4.90 Å². The Morgan fingerprint density at radius 3 is 2.42 bits per heavy atom. The predicted molar refractivity (Wildman–Crippen MR) is 74.6 cm³/mol. The molecule has 5 heteroatoms. The van der Waals surface area contributed by atoms with Gasteiger partial charge in [-0.2, -0.15) is 0 Å². The van der Waals surface area contributed by atoms with E-state index in [0.717, 1.165) is 37.9 Å². The van der Waals surface area contributed by atoms with Gasteiger partial charge >= 0.3 is 5.97 Å². The zero-order valence-electron chi connectivity index (χ0n) is 10.9. The third kappa shape index (κ3) is 2.51. The predicted octanol–water partition coefficient (Wildman–Crippen LogP) is 1.25. The van der Waals surface area contributed by atoms with E-state index in [0.29, 0.717) is 5.69 Å². The minimum Gasteiger partial charge on any atom is -0.478 e. The van der Waals surface area contributed by atoms with Crippen LogP contribution in [0.4, 0.5) is 11.4 Å². The zero-order valence-corrected chi connectivity index (χ0v) is 10.9. The number of carboxylic acids is 1. The summed E-state index contributed by atoms with van der Waals surface area (Å²) >= 11 is 0. The second-order valence-corrected chi connectivity index (χ2v) is 5.33. The van der Waals surface area contributed by atoms with Crippen molar-refractivity contribution in [1.29, 1.82) is 0 Å². The van der Waals surface area contributed by atoms with Gasteiger partial charge in [-0.05, 0) is 31.0 Å². The molecule has 0 atom stereocenters. The van der Waals surface area contributed by atoms with E-state index in [9.17, 15) is 4.79 Å². The Hall–Kier alpha value is -1.75. The maximum Gasteiger partial charge on any atom is 0.335 e. The van der Waals surface area contributed by atoms with Gasteiger partial charge in [0.2, 0.25) is 0 Å². The number of nitrogens with zero attached hydrogens (tertiary/aromatic N) is 2. The number of piperazine rings is 1. The minimum atomic E-state index is -0.934. The van der Waals surface area contributed by atoms with Crippen LogP contribution in [0.15, 0.2) is 18.2 Å². The van der Waals surface area contributed by atoms with Crippen LogP contribution in [0.25, 0.3) is 0 Å². The average Bonchev–Trinajstić information content (AvgIpc) is 3.23. The van der Waals surface area contributed by atoms with Crippen molar-refractivity contribution in [3.8, 4) is 0 Å². The summed E-state index contributed by atoms with van der Waals surface area (Å²) in [5.41, 5.74) is 7.74. The number of nitrogens with two attached hydrogens (primary N) is 1. The van der Waals surface area contributed by atoms with Crippen molar-refractivity contribution in [2.24, 2.45) is 0 Å². The van der Waals surface area contributed by atoms with E-state index >= 15 is 0 Å². The number of anilines is 2. The first-order chi connectivity index (χ1) is 9.15. The molecule has 0 bridgehead atoms. The van der Waals surface area contributed by atoms with Crippen molar-refractivity contribution in [3.63, 3.8) is 0 Å². The van der Waals surface area contributed by atoms with Crippen LogP contribution in [-0.4, -0.2) is 48.2 Å². The van der Waals surface area contributed by atoms with Crippen LogP contribution in [0.5, 0.6) is 0 Å². The highest BCUT2D eigenvalue weighted by Crippen LogP contribution is 2.30. The summed E-state index contributed by atoms with van der Waals surface area (Å²) in [4.78, 5) is 15.7. The van der Waals surface area contributed by atoms with E-state index in [1.165, 1.54) is 12.8 Å². The van der Waals surface area contributed by atoms with E-state index in [1.807, 2.05) is 6.07 Å². The van der Waals surface area contributed by atoms with Crippen molar-refractivity contribution < 1.29 is 9.90 Å². The zero-order chi connectivity index (χ0) is 13.4. The fourth-order valence-corrected chi connectivity index (χ4v) is 2.74. The van der Waals surface area contributed by atoms with E-state index < -0.39 is 5.97 Å². The highest BCUT2D eigenvalue weighted by atomic mass is 16.4. The maximum absolute atomic E-state index is 10.9. The van der Waals surface area contributed by atoms with Crippen molar-refractivity contribution >= 4 is 17.3 Å². The molecule has 0 aromatic heterocycles. The van der Waals surface area contributed by atoms with Crippen LogP contribution in [0.2, 0.25) is 0 Å². The van der Waals surface area contributed by atoms with Gasteiger partial charge in [-0.15, -0.1) is 0 Å². The van der Waals surface area contributed by atoms with Crippen molar-refractivity contribution in [2.75, 3.05) is 36.8 Å². The Balaban J connectivity index is 1.70. The highest BCUT2D eigenvalue weighted by Gasteiger charge is 2.31. The summed E-state index contributed by atoms with van der Waals surface area (Å²) in [6, 6.07) is 5.81. The molecule has 1 saturated carbocycles. The van der Waals surface area contributed by atoms with Crippen LogP contribution in [0, 0.1) is 0 Å². The molecule has 0 unspecified atom stereocenters. The maximum atomic E-state index is 10.9. The summed E-state index contributed by atoms with van der Waals surface area (Å²) in [6.07, 6.45) is 2.69. The molecule has 1 aliphatic heterocycles. The molecule has 3 N–H and O–H groups in total. The largest absolute Gasteiger partial charge is 0.478 e. The Morgan fingerprint density at radius 1 is 1.21 bits per heavy atom. The van der Waals surface area contributed by atoms with Crippen LogP contribution < -0.4 is 10.6 Å². The molecule has 1 saturated heterocycles. The lowest BCUT2D eigenvalue weighted by molar-refractivity contribution is 0.0697. The van der Waals surface area contributed by atoms with Crippen LogP contribution in [0.3, 0.4) is 0 Å². The topological polar surface area (TPSA) is 69.8 Å². The molecule has 0 radical (unpaired) electrons. The number of hydrogen-bond acceptors (Lipinski definition) is 4. The van der Waals surface area contributed by atoms with Gasteiger partial charge in [0.25, 0.3) is 0 Å². The molecular formula is C14H19N3O2. The van der Waals surface area contributed by atoms with Gasteiger partial charge in [0.1, 0.15) is 0 Å². The molecule has 19 heavy (non-hydrogen) atoms. The van der Waals surface area contributed by atoms with Crippen molar-refractivity contribution in [2.45, 2.75) is 18.9 Å². The number of benzene rings is 1. The Kier molecular flexibility index (Phi) is 3.06. The second-order valence-electron chi connectivity index (χ2n) is 5.33. The number of hydrogen-bond donors (Lipinski definition) is 2. The van der Waals surface area contributed by atoms with Gasteiger partial charge < -0.3 is 15.7 Å². The van der Waals surface area contributed by atoms with Gasteiger partial charge in [0.15, 0.2) is 0 Å². The first kappa shape index (κ1) is 12.3. The van der Waals surface area contributed by atoms with Gasteiger partial charge in [-0.25, -0.2) is 4.79 Å². The average molecular weight is 261 g/mol. The quantitative estimate of drug-likeness (QED) is 0.801. The summed E-state index contributed by atoms with van der Waals surface area (Å²) in [5, 5.41) is 8.94. The van der Waals surface area contributed by atoms with E-state index in [-0.39, 0.29) is 5.56 Å². The molecule has 0 amide bonds. The fraction of sp³-hybridized carbons (Fsp3) is 0.500. The van der Waals surface area contributed by atoms with Crippen LogP contribution in [-0.2, 0) is 0 Å². The highest BCUT2D eigenvalue weighted by molar-refractivity contribution is 5.90. The molecule has 1 heterocycles. The third-order valence-corrected chi connectivity index (χ3v) is 3.99. The molecule has 5 nitrogen and oxygen atoms in total. The lowest BCUT2D eigenvalue weighted by Gasteiger charge is -2.36. The Morgan fingerprint density at radius 2 is 1.89 bits per heavy atom. The molecular weight excluding hydrogens is 242 g/mol. The Bertz CT molecular complexity index is 491. The summed E-state index contributed by atoms with van der Waals surface area (Å²) in [6.45, 7) is 4.08. The van der Waals surface area contributed by atoms with Gasteiger partial charge in [0, 0.05) is 32.2 Å². The Labute approximate surface area is 112 Å². The third-order valence-electron chi connectivity index (χ3n) is 3.99. The number of nitrogen functional groups attached to an aromatic ring is 1. The standard InChI is InChI=1S/C14H19N3O2/c15-12-9-10(14(18)19)1-4-13(12)17-7-5-16(6-8-17)11-2-3-11/h1,4,9,11H,2-3,5-8,15H2,(H,18,19). The smallest absolute Gasteiger partial charge is 0.335 e. The molecule has 0 spiro atoms. The summed E-state index contributed by atoms with van der Waals surface area (Å²) in [7, 11) is 0. The monoisotopic (exact) mass is 261 g/mol. The normalized spacial score (nSPS) is 20.5. The van der Waals surface area contributed by atoms with E-state index in [2.05, 4.69) is 9.80 Å². The molecule has 1 aliphatic carbocycles. The number of carbonyl (C=O) groups is 1. The molecule has 2 fully saturated rings. The van der Waals surface area contributed by atoms with Gasteiger partial charge in [-0.3, -0.25) is 4.90 Å². The van der Waals surface area contributed by atoms with E-state index in [4.69, 9.17) is 10.8 Å². The molecule has 1 aromatic rings. The lowest BCUT2D eigenvalue weighted by atomic mass is 10.1. The molecule has 1 aromatic carbocycles. The number of carboxylic acid groups (broad SMARTS) is 1. The fourth-order valence-electron chi connectivity index (χ4n) is 2.74. The first-order valence-electron chi connectivity index (χ1n) is 6.77. The van der Waals surface area contributed by atoms with E-state index in [1.54, 1.807) is 12.1 Å². The van der Waals surface area contributed by atoms with Crippen molar-refractivity contribution in [3.05, 3.63) is 23.8 Å². The second kappa shape index (κ2) is 4.74. The molecule has 3 rings (SSSR count). The molecule has 102 valence electrons. The lowest BCUT2D eigenvalue weighted by Crippen LogP contribution is -2.47. The minimum absolute atomic E-state index is 0.248. The molecule has 2 aliphatic rings. The summed E-state index contributed by atoms with van der Waals surface area (Å²) in [5.74, 6) is -0.934. The number of rotatable bonds is 3.